The van der Waals surface area contributed by atoms with E-state index in [-0.39, 0.29) is 0 Å². The zero-order valence-electron chi connectivity index (χ0n) is 5.87. The molecule has 0 unspecified atom stereocenters. The molecular weight excluding hydrogens is 144 g/mol. The highest BCUT2D eigenvalue weighted by Gasteiger charge is 1.88. The van der Waals surface area contributed by atoms with Gasteiger partial charge in [0.1, 0.15) is 0 Å². The molecule has 0 aliphatic carbocycles. The molecule has 0 amide bonds. The maximum absolute atomic E-state index is 5.36. The largest absolute Gasteiger partial charge is 0.388 e. The van der Waals surface area contributed by atoms with Gasteiger partial charge < -0.3 is 5.73 Å². The Morgan fingerprint density at radius 3 is 3.10 bits per heavy atom. The van der Waals surface area contributed by atoms with Crippen LogP contribution in [0.3, 0.4) is 0 Å². The van der Waals surface area contributed by atoms with Gasteiger partial charge in [-0.3, -0.25) is 4.99 Å². The molecule has 1 rings (SSSR count). The second-order valence-electron chi connectivity index (χ2n) is 2.09. The van der Waals surface area contributed by atoms with E-state index in [0.29, 0.717) is 12.4 Å². The molecule has 0 aliphatic rings. The smallest absolute Gasteiger partial charge is 0.0909 e. The lowest BCUT2D eigenvalue weighted by molar-refractivity contribution is 1.07. The summed E-state index contributed by atoms with van der Waals surface area (Å²) in [5.74, 6) is 0.645. The number of thiophene rings is 1. The van der Waals surface area contributed by atoms with Crippen LogP contribution in [0.15, 0.2) is 21.8 Å². The summed E-state index contributed by atoms with van der Waals surface area (Å²) in [6, 6.07) is 2.05. The molecule has 54 valence electrons. The van der Waals surface area contributed by atoms with Gasteiger partial charge >= 0.3 is 0 Å². The maximum Gasteiger partial charge on any atom is 0.0909 e. The highest BCUT2D eigenvalue weighted by molar-refractivity contribution is 7.07. The molecule has 0 fully saturated rings. The Bertz CT molecular complexity index is 210. The van der Waals surface area contributed by atoms with E-state index in [2.05, 4.69) is 16.4 Å². The fourth-order valence-electron chi connectivity index (χ4n) is 0.599. The van der Waals surface area contributed by atoms with Crippen LogP contribution >= 0.6 is 11.3 Å². The minimum absolute atomic E-state index is 0.645. The van der Waals surface area contributed by atoms with Crippen molar-refractivity contribution in [2.24, 2.45) is 10.7 Å². The monoisotopic (exact) mass is 154 g/mol. The highest BCUT2D eigenvalue weighted by atomic mass is 32.1. The van der Waals surface area contributed by atoms with Crippen LogP contribution in [0.1, 0.15) is 12.5 Å². The van der Waals surface area contributed by atoms with Gasteiger partial charge in [-0.15, -0.1) is 0 Å². The molecule has 0 aliphatic heterocycles. The Morgan fingerprint density at radius 1 is 1.80 bits per heavy atom. The van der Waals surface area contributed by atoms with Crippen molar-refractivity contribution < 1.29 is 0 Å². The first kappa shape index (κ1) is 7.28. The van der Waals surface area contributed by atoms with Gasteiger partial charge in [-0.1, -0.05) is 0 Å². The number of amidine groups is 1. The van der Waals surface area contributed by atoms with Gasteiger partial charge in [0, 0.05) is 0 Å². The summed E-state index contributed by atoms with van der Waals surface area (Å²) in [6.07, 6.45) is 0. The quantitative estimate of drug-likeness (QED) is 0.510. The number of rotatable bonds is 2. The van der Waals surface area contributed by atoms with Crippen molar-refractivity contribution in [3.8, 4) is 0 Å². The zero-order valence-corrected chi connectivity index (χ0v) is 6.69. The van der Waals surface area contributed by atoms with Crippen molar-refractivity contribution in [3.63, 3.8) is 0 Å². The van der Waals surface area contributed by atoms with Crippen LogP contribution in [0.2, 0.25) is 0 Å². The van der Waals surface area contributed by atoms with E-state index in [9.17, 15) is 0 Å². The minimum atomic E-state index is 0.645. The molecule has 2 nitrogen and oxygen atoms in total. The van der Waals surface area contributed by atoms with Crippen LogP contribution in [0.4, 0.5) is 0 Å². The Kier molecular flexibility index (Phi) is 2.45. The Labute approximate surface area is 64.4 Å². The molecule has 10 heavy (non-hydrogen) atoms. The highest BCUT2D eigenvalue weighted by Crippen LogP contribution is 2.06. The van der Waals surface area contributed by atoms with Crippen LogP contribution in [-0.4, -0.2) is 5.84 Å². The van der Waals surface area contributed by atoms with Crippen molar-refractivity contribution in [1.29, 1.82) is 0 Å². The van der Waals surface area contributed by atoms with E-state index in [4.69, 9.17) is 5.73 Å². The van der Waals surface area contributed by atoms with E-state index in [0.717, 1.165) is 0 Å². The SMILES string of the molecule is CC(N)=NCc1ccsc1. The molecule has 0 atom stereocenters. The second-order valence-corrected chi connectivity index (χ2v) is 2.87. The number of hydrogen-bond donors (Lipinski definition) is 1. The molecule has 0 saturated heterocycles. The van der Waals surface area contributed by atoms with E-state index >= 15 is 0 Å². The molecule has 0 bridgehead atoms. The molecule has 0 radical (unpaired) electrons. The first-order valence-electron chi connectivity index (χ1n) is 3.06. The van der Waals surface area contributed by atoms with Crippen LogP contribution in [0.5, 0.6) is 0 Å². The second kappa shape index (κ2) is 3.37. The van der Waals surface area contributed by atoms with E-state index in [1.807, 2.05) is 5.38 Å². The average molecular weight is 154 g/mol. The normalized spacial score (nSPS) is 11.9. The summed E-state index contributed by atoms with van der Waals surface area (Å²) in [5.41, 5.74) is 6.59. The molecule has 1 aromatic rings. The Morgan fingerprint density at radius 2 is 2.60 bits per heavy atom. The number of aliphatic imine (C=N–C) groups is 1. The van der Waals surface area contributed by atoms with Crippen molar-refractivity contribution in [2.75, 3.05) is 0 Å². The Hall–Kier alpha value is -0.830. The van der Waals surface area contributed by atoms with E-state index in [1.54, 1.807) is 18.3 Å². The van der Waals surface area contributed by atoms with Crippen LogP contribution < -0.4 is 5.73 Å². The van der Waals surface area contributed by atoms with Gasteiger partial charge in [0.2, 0.25) is 0 Å². The summed E-state index contributed by atoms with van der Waals surface area (Å²) in [6.45, 7) is 2.51. The lowest BCUT2D eigenvalue weighted by Gasteiger charge is -1.89. The minimum Gasteiger partial charge on any atom is -0.388 e. The van der Waals surface area contributed by atoms with Gasteiger partial charge in [0.05, 0.1) is 12.4 Å². The summed E-state index contributed by atoms with van der Waals surface area (Å²) in [7, 11) is 0. The third kappa shape index (κ3) is 2.19. The lowest BCUT2D eigenvalue weighted by Crippen LogP contribution is -2.05. The van der Waals surface area contributed by atoms with Gasteiger partial charge in [-0.2, -0.15) is 11.3 Å². The van der Waals surface area contributed by atoms with Crippen molar-refractivity contribution >= 4 is 17.2 Å². The van der Waals surface area contributed by atoms with Crippen LogP contribution in [0, 0.1) is 0 Å². The van der Waals surface area contributed by atoms with Gasteiger partial charge in [-0.25, -0.2) is 0 Å². The van der Waals surface area contributed by atoms with Crippen molar-refractivity contribution in [2.45, 2.75) is 13.5 Å². The molecular formula is C7H10N2S. The third-order valence-electron chi connectivity index (χ3n) is 1.09. The number of nitrogens with zero attached hydrogens (tertiary/aromatic N) is 1. The van der Waals surface area contributed by atoms with Crippen LogP contribution in [0.25, 0.3) is 0 Å². The fourth-order valence-corrected chi connectivity index (χ4v) is 1.26. The van der Waals surface area contributed by atoms with Gasteiger partial charge in [0.25, 0.3) is 0 Å². The first-order valence-corrected chi connectivity index (χ1v) is 4.01. The predicted octanol–water partition coefficient (Wildman–Crippen LogP) is 1.63. The van der Waals surface area contributed by atoms with E-state index < -0.39 is 0 Å². The molecule has 1 heterocycles. The van der Waals surface area contributed by atoms with E-state index in [1.165, 1.54) is 5.56 Å². The number of hydrogen-bond acceptors (Lipinski definition) is 2. The lowest BCUT2D eigenvalue weighted by atomic mass is 10.3. The maximum atomic E-state index is 5.36. The zero-order chi connectivity index (χ0) is 7.40. The fraction of sp³-hybridized carbons (Fsp3) is 0.286. The molecule has 1 aromatic heterocycles. The number of nitrogens with two attached hydrogens (primary N) is 1. The van der Waals surface area contributed by atoms with Crippen molar-refractivity contribution in [3.05, 3.63) is 22.4 Å². The summed E-state index contributed by atoms with van der Waals surface area (Å²) in [4.78, 5) is 4.07. The third-order valence-corrected chi connectivity index (χ3v) is 1.82. The molecule has 0 saturated carbocycles. The van der Waals surface area contributed by atoms with Crippen LogP contribution in [-0.2, 0) is 6.54 Å². The first-order chi connectivity index (χ1) is 4.79. The summed E-state index contributed by atoms with van der Waals surface area (Å²) in [5, 5.41) is 4.11. The topological polar surface area (TPSA) is 38.4 Å². The molecule has 0 spiro atoms. The standard InChI is InChI=1S/C7H10N2S/c1-6(8)9-4-7-2-3-10-5-7/h2-3,5H,4H2,1H3,(H2,8,9). The van der Waals surface area contributed by atoms with Gasteiger partial charge in [-0.05, 0) is 29.3 Å². The average Bonchev–Trinajstić information content (AvgIpc) is 2.34. The predicted molar refractivity (Wildman–Crippen MR) is 45.3 cm³/mol. The summed E-state index contributed by atoms with van der Waals surface area (Å²) >= 11 is 1.68. The molecule has 0 aromatic carbocycles. The summed E-state index contributed by atoms with van der Waals surface area (Å²) < 4.78 is 0. The van der Waals surface area contributed by atoms with Crippen molar-refractivity contribution in [1.82, 2.24) is 0 Å². The molecule has 2 N–H and O–H groups in total. The van der Waals surface area contributed by atoms with Gasteiger partial charge in [0.15, 0.2) is 0 Å². The Balaban J connectivity index is 2.49. The molecule has 3 heteroatoms.